The van der Waals surface area contributed by atoms with Gasteiger partial charge in [0.05, 0.1) is 34.3 Å². The second-order valence-corrected chi connectivity index (χ2v) is 7.96. The number of halogens is 3. The minimum Gasteiger partial charge on any atom is -0.327 e. The van der Waals surface area contributed by atoms with Crippen LogP contribution in [0.1, 0.15) is 37.0 Å². The molecule has 7 nitrogen and oxygen atoms in total. The maximum absolute atomic E-state index is 13.0. The van der Waals surface area contributed by atoms with Crippen molar-refractivity contribution >= 4 is 21.1 Å². The van der Waals surface area contributed by atoms with Crippen LogP contribution < -0.4 is 4.72 Å². The minimum absolute atomic E-state index is 0.0384. The summed E-state index contributed by atoms with van der Waals surface area (Å²) in [5.74, 6) is 0.265. The first kappa shape index (κ1) is 20.8. The molecule has 1 aromatic carbocycles. The molecule has 0 amide bonds. The van der Waals surface area contributed by atoms with Crippen molar-refractivity contribution in [3.8, 4) is 6.07 Å². The lowest BCUT2D eigenvalue weighted by Gasteiger charge is -2.16. The Balaban J connectivity index is 1.97. The third kappa shape index (κ3) is 4.08. The summed E-state index contributed by atoms with van der Waals surface area (Å²) >= 11 is 0. The Morgan fingerprint density at radius 1 is 1.28 bits per heavy atom. The zero-order valence-corrected chi connectivity index (χ0v) is 16.2. The van der Waals surface area contributed by atoms with Gasteiger partial charge in [-0.25, -0.2) is 23.1 Å². The number of fused-ring (bicyclic) bond motifs is 1. The molecule has 29 heavy (non-hydrogen) atoms. The number of aromatic nitrogens is 3. The fraction of sp³-hybridized carbons (Fsp3) is 0.278. The molecule has 0 saturated heterocycles. The molecule has 2 heterocycles. The van der Waals surface area contributed by atoms with Gasteiger partial charge in [-0.05, 0) is 44.2 Å². The quantitative estimate of drug-likeness (QED) is 0.678. The van der Waals surface area contributed by atoms with Gasteiger partial charge in [0, 0.05) is 6.54 Å². The molecule has 0 spiro atoms. The number of sulfonamides is 1. The summed E-state index contributed by atoms with van der Waals surface area (Å²) in [4.78, 5) is 7.64. The molecule has 3 rings (SSSR count). The summed E-state index contributed by atoms with van der Waals surface area (Å²) in [7, 11) is -3.93. The number of pyridine rings is 1. The first-order valence-electron chi connectivity index (χ1n) is 8.52. The normalized spacial score (nSPS) is 13.4. The standard InChI is InChI=1S/C18H16F3N5O2S/c1-3-26-15-8-16(18(19,20)21)23-10-14(15)24-17(26)11(2)25-29(27,28)13-6-4-12(9-22)5-7-13/h4-8,10-11,25H,3H2,1-2H3/t11-/m1/s1. The second kappa shape index (κ2) is 7.46. The monoisotopic (exact) mass is 423 g/mol. The molecule has 0 aliphatic heterocycles. The molecule has 0 bridgehead atoms. The van der Waals surface area contributed by atoms with E-state index in [1.165, 1.54) is 28.8 Å². The van der Waals surface area contributed by atoms with Gasteiger partial charge < -0.3 is 4.57 Å². The van der Waals surface area contributed by atoms with Crippen molar-refractivity contribution in [1.82, 2.24) is 19.3 Å². The van der Waals surface area contributed by atoms with Crippen molar-refractivity contribution in [2.24, 2.45) is 0 Å². The molecule has 0 radical (unpaired) electrons. The third-order valence-corrected chi connectivity index (χ3v) is 5.84. The number of aryl methyl sites for hydroxylation is 1. The van der Waals surface area contributed by atoms with E-state index in [1.54, 1.807) is 13.8 Å². The fourth-order valence-corrected chi connectivity index (χ4v) is 4.13. The van der Waals surface area contributed by atoms with E-state index in [1.807, 2.05) is 6.07 Å². The average Bonchev–Trinajstić information content (AvgIpc) is 3.05. The van der Waals surface area contributed by atoms with Gasteiger partial charge >= 0.3 is 6.18 Å². The van der Waals surface area contributed by atoms with Gasteiger partial charge in [0.15, 0.2) is 0 Å². The number of rotatable bonds is 5. The van der Waals surface area contributed by atoms with Crippen LogP contribution in [0.15, 0.2) is 41.4 Å². The van der Waals surface area contributed by atoms with Crippen molar-refractivity contribution in [3.63, 3.8) is 0 Å². The van der Waals surface area contributed by atoms with Crippen LogP contribution in [0.2, 0.25) is 0 Å². The highest BCUT2D eigenvalue weighted by Gasteiger charge is 2.33. The summed E-state index contributed by atoms with van der Waals surface area (Å²) in [6.07, 6.45) is -3.57. The van der Waals surface area contributed by atoms with Gasteiger partial charge in [-0.2, -0.15) is 18.4 Å². The zero-order valence-electron chi connectivity index (χ0n) is 15.4. The molecule has 1 atom stereocenters. The van der Waals surface area contributed by atoms with E-state index in [2.05, 4.69) is 14.7 Å². The maximum Gasteiger partial charge on any atom is 0.433 e. The molecule has 0 aliphatic carbocycles. The van der Waals surface area contributed by atoms with E-state index in [4.69, 9.17) is 5.26 Å². The smallest absolute Gasteiger partial charge is 0.327 e. The molecule has 0 aliphatic rings. The largest absolute Gasteiger partial charge is 0.433 e. The number of alkyl halides is 3. The Hall–Kier alpha value is -2.97. The predicted molar refractivity (Wildman–Crippen MR) is 98.1 cm³/mol. The molecule has 3 aromatic rings. The van der Waals surface area contributed by atoms with Gasteiger partial charge in [0.25, 0.3) is 0 Å². The summed E-state index contributed by atoms with van der Waals surface area (Å²) in [6.45, 7) is 3.56. The molecule has 152 valence electrons. The Morgan fingerprint density at radius 3 is 2.48 bits per heavy atom. The van der Waals surface area contributed by atoms with E-state index in [-0.39, 0.29) is 28.3 Å². The van der Waals surface area contributed by atoms with Crippen LogP contribution in [-0.4, -0.2) is 23.0 Å². The van der Waals surface area contributed by atoms with E-state index < -0.39 is 27.9 Å². The zero-order chi connectivity index (χ0) is 21.4. The number of hydrogen-bond donors (Lipinski definition) is 1. The Labute approximate surface area is 164 Å². The van der Waals surface area contributed by atoms with Crippen molar-refractivity contribution in [3.05, 3.63) is 53.6 Å². The summed E-state index contributed by atoms with van der Waals surface area (Å²) in [6, 6.07) is 7.34. The molecule has 0 fully saturated rings. The van der Waals surface area contributed by atoms with Crippen molar-refractivity contribution in [1.29, 1.82) is 5.26 Å². The lowest BCUT2D eigenvalue weighted by molar-refractivity contribution is -0.141. The minimum atomic E-state index is -4.60. The van der Waals surface area contributed by atoms with Gasteiger partial charge in [-0.1, -0.05) is 0 Å². The molecular formula is C18H16F3N5O2S. The van der Waals surface area contributed by atoms with Gasteiger partial charge in [-0.15, -0.1) is 0 Å². The SMILES string of the molecule is CCn1c([C@@H](C)NS(=O)(=O)c2ccc(C#N)cc2)nc2cnc(C(F)(F)F)cc21. The topological polar surface area (TPSA) is 101 Å². The lowest BCUT2D eigenvalue weighted by atomic mass is 10.2. The Bertz CT molecular complexity index is 1200. The van der Waals surface area contributed by atoms with Gasteiger partial charge in [-0.3, -0.25) is 0 Å². The molecule has 0 unspecified atom stereocenters. The van der Waals surface area contributed by atoms with Crippen molar-refractivity contribution < 1.29 is 21.6 Å². The van der Waals surface area contributed by atoms with Crippen LogP contribution in [0.4, 0.5) is 13.2 Å². The first-order valence-corrected chi connectivity index (χ1v) is 10.0. The van der Waals surface area contributed by atoms with Crippen molar-refractivity contribution in [2.45, 2.75) is 37.5 Å². The van der Waals surface area contributed by atoms with Crippen LogP contribution >= 0.6 is 0 Å². The highest BCUT2D eigenvalue weighted by atomic mass is 32.2. The van der Waals surface area contributed by atoms with Crippen LogP contribution in [0.5, 0.6) is 0 Å². The van der Waals surface area contributed by atoms with Crippen LogP contribution in [0, 0.1) is 11.3 Å². The molecule has 0 saturated carbocycles. The Kier molecular flexibility index (Phi) is 5.34. The first-order chi connectivity index (χ1) is 13.6. The molecule has 1 N–H and O–H groups in total. The lowest BCUT2D eigenvalue weighted by Crippen LogP contribution is -2.28. The highest BCUT2D eigenvalue weighted by Crippen LogP contribution is 2.30. The van der Waals surface area contributed by atoms with E-state index in [0.717, 1.165) is 12.3 Å². The van der Waals surface area contributed by atoms with Gasteiger partial charge in [0.1, 0.15) is 17.0 Å². The number of nitriles is 1. The molecule has 2 aromatic heterocycles. The Morgan fingerprint density at radius 2 is 1.93 bits per heavy atom. The summed E-state index contributed by atoms with van der Waals surface area (Å²) in [5.41, 5.74) is -0.275. The number of nitrogens with one attached hydrogen (secondary N) is 1. The van der Waals surface area contributed by atoms with E-state index >= 15 is 0 Å². The predicted octanol–water partition coefficient (Wildman–Crippen LogP) is 3.38. The van der Waals surface area contributed by atoms with Crippen molar-refractivity contribution in [2.75, 3.05) is 0 Å². The van der Waals surface area contributed by atoms with Gasteiger partial charge in [0.2, 0.25) is 10.0 Å². The number of hydrogen-bond acceptors (Lipinski definition) is 5. The summed E-state index contributed by atoms with van der Waals surface area (Å²) in [5, 5.41) is 8.82. The highest BCUT2D eigenvalue weighted by molar-refractivity contribution is 7.89. The van der Waals surface area contributed by atoms with Crippen LogP contribution in [-0.2, 0) is 22.7 Å². The molecule has 11 heteroatoms. The van der Waals surface area contributed by atoms with E-state index in [0.29, 0.717) is 5.56 Å². The second-order valence-electron chi connectivity index (χ2n) is 6.25. The van der Waals surface area contributed by atoms with Crippen LogP contribution in [0.25, 0.3) is 11.0 Å². The van der Waals surface area contributed by atoms with E-state index in [9.17, 15) is 21.6 Å². The number of imidazole rings is 1. The molecular weight excluding hydrogens is 407 g/mol. The fourth-order valence-electron chi connectivity index (χ4n) is 2.93. The number of nitrogens with zero attached hydrogens (tertiary/aromatic N) is 4. The number of benzene rings is 1. The third-order valence-electron chi connectivity index (χ3n) is 4.28. The average molecular weight is 423 g/mol. The van der Waals surface area contributed by atoms with Crippen LogP contribution in [0.3, 0.4) is 0 Å². The summed E-state index contributed by atoms with van der Waals surface area (Å²) < 4.78 is 68.2. The maximum atomic E-state index is 13.0.